The summed E-state index contributed by atoms with van der Waals surface area (Å²) < 4.78 is 21.4. The highest BCUT2D eigenvalue weighted by Gasteiger charge is 2.12. The summed E-state index contributed by atoms with van der Waals surface area (Å²) in [5, 5.41) is 6.72. The molecule has 2 amide bonds. The molecule has 0 heterocycles. The molecule has 0 unspecified atom stereocenters. The van der Waals surface area contributed by atoms with E-state index in [0.29, 0.717) is 39.8 Å². The van der Waals surface area contributed by atoms with E-state index in [1.54, 1.807) is 60.7 Å². The molecule has 3 aromatic carbocycles. The molecule has 0 aliphatic heterocycles. The maximum atomic E-state index is 12.3. The molecule has 176 valence electrons. The highest BCUT2D eigenvalue weighted by molar-refractivity contribution is 5.97. The van der Waals surface area contributed by atoms with Crippen molar-refractivity contribution in [2.45, 2.75) is 0 Å². The van der Waals surface area contributed by atoms with Crippen molar-refractivity contribution >= 4 is 23.7 Å². The van der Waals surface area contributed by atoms with Gasteiger partial charge < -0.3 is 24.3 Å². The lowest BCUT2D eigenvalue weighted by Crippen LogP contribution is -2.20. The molecule has 9 heteroatoms. The van der Waals surface area contributed by atoms with Gasteiger partial charge in [-0.05, 0) is 48.0 Å². The predicted octanol–water partition coefficient (Wildman–Crippen LogP) is 3.49. The number of nitrogens with one attached hydrogen (secondary N) is 2. The van der Waals surface area contributed by atoms with E-state index in [1.165, 1.54) is 27.5 Å². The predicted molar refractivity (Wildman–Crippen MR) is 128 cm³/mol. The van der Waals surface area contributed by atoms with Gasteiger partial charge in [0.1, 0.15) is 11.5 Å². The lowest BCUT2D eigenvalue weighted by molar-refractivity contribution is -0.118. The van der Waals surface area contributed by atoms with E-state index in [0.717, 1.165) is 0 Å². The summed E-state index contributed by atoms with van der Waals surface area (Å²) in [5.74, 6) is 1.04. The van der Waals surface area contributed by atoms with Crippen LogP contribution < -0.4 is 29.7 Å². The van der Waals surface area contributed by atoms with Gasteiger partial charge in [0.2, 0.25) is 0 Å². The molecule has 0 radical (unpaired) electrons. The van der Waals surface area contributed by atoms with E-state index in [9.17, 15) is 9.59 Å². The van der Waals surface area contributed by atoms with Crippen LogP contribution in [0.4, 0.5) is 5.69 Å². The van der Waals surface area contributed by atoms with Crippen LogP contribution in [0.1, 0.15) is 15.9 Å². The van der Waals surface area contributed by atoms with Crippen molar-refractivity contribution in [2.75, 3.05) is 33.3 Å². The van der Waals surface area contributed by atoms with Gasteiger partial charge in [-0.25, -0.2) is 5.43 Å². The fourth-order valence-electron chi connectivity index (χ4n) is 3.02. The molecule has 0 aromatic heterocycles. The number of hydrogen-bond acceptors (Lipinski definition) is 7. The minimum Gasteiger partial charge on any atom is -0.496 e. The Morgan fingerprint density at radius 3 is 2.24 bits per heavy atom. The van der Waals surface area contributed by atoms with Crippen LogP contribution in [0.25, 0.3) is 0 Å². The molecule has 9 nitrogen and oxygen atoms in total. The van der Waals surface area contributed by atoms with Gasteiger partial charge in [-0.2, -0.15) is 5.10 Å². The first-order valence-electron chi connectivity index (χ1n) is 10.3. The van der Waals surface area contributed by atoms with Crippen molar-refractivity contribution < 1.29 is 28.5 Å². The van der Waals surface area contributed by atoms with E-state index < -0.39 is 5.91 Å². The number of benzene rings is 3. The second kappa shape index (κ2) is 11.9. The molecule has 0 atom stereocenters. The molecule has 0 saturated carbocycles. The molecule has 3 aromatic rings. The van der Waals surface area contributed by atoms with Crippen LogP contribution in [-0.2, 0) is 4.79 Å². The van der Waals surface area contributed by atoms with Crippen LogP contribution in [0, 0.1) is 0 Å². The van der Waals surface area contributed by atoms with Crippen molar-refractivity contribution in [2.24, 2.45) is 5.10 Å². The van der Waals surface area contributed by atoms with Crippen molar-refractivity contribution in [1.29, 1.82) is 0 Å². The van der Waals surface area contributed by atoms with E-state index in [2.05, 4.69) is 15.8 Å². The maximum absolute atomic E-state index is 12.3. The molecule has 0 aliphatic rings. The first-order chi connectivity index (χ1) is 16.5. The van der Waals surface area contributed by atoms with E-state index in [4.69, 9.17) is 18.9 Å². The highest BCUT2D eigenvalue weighted by Crippen LogP contribution is 2.28. The number of methoxy groups -OCH3 is 3. The van der Waals surface area contributed by atoms with Crippen LogP contribution in [-0.4, -0.2) is 46.0 Å². The Bertz CT molecular complexity index is 1180. The molecule has 0 fully saturated rings. The Hall–Kier alpha value is -4.53. The second-order valence-corrected chi connectivity index (χ2v) is 6.85. The number of hydrogen-bond donors (Lipinski definition) is 2. The minimum absolute atomic E-state index is 0.225. The minimum atomic E-state index is -0.401. The molecular weight excluding hydrogens is 438 g/mol. The molecule has 0 aliphatic carbocycles. The van der Waals surface area contributed by atoms with Gasteiger partial charge >= 0.3 is 0 Å². The SMILES string of the molecule is COc1ccccc1NC(=O)COc1ccc(/C=N\NC(=O)c2ccccc2OC)cc1OC. The van der Waals surface area contributed by atoms with Gasteiger partial charge in [0.05, 0.1) is 38.8 Å². The third kappa shape index (κ3) is 6.26. The summed E-state index contributed by atoms with van der Waals surface area (Å²) in [4.78, 5) is 24.6. The zero-order valence-electron chi connectivity index (χ0n) is 19.0. The summed E-state index contributed by atoms with van der Waals surface area (Å²) >= 11 is 0. The van der Waals surface area contributed by atoms with E-state index >= 15 is 0 Å². The first-order valence-corrected chi connectivity index (χ1v) is 10.3. The normalized spacial score (nSPS) is 10.4. The van der Waals surface area contributed by atoms with Crippen LogP contribution in [0.3, 0.4) is 0 Å². The van der Waals surface area contributed by atoms with Gasteiger partial charge in [0.15, 0.2) is 18.1 Å². The van der Waals surface area contributed by atoms with Crippen LogP contribution in [0.15, 0.2) is 71.8 Å². The maximum Gasteiger partial charge on any atom is 0.275 e. The molecule has 0 bridgehead atoms. The summed E-state index contributed by atoms with van der Waals surface area (Å²) in [5.41, 5.74) is 4.04. The fourth-order valence-corrected chi connectivity index (χ4v) is 3.02. The highest BCUT2D eigenvalue weighted by atomic mass is 16.5. The number of amides is 2. The monoisotopic (exact) mass is 463 g/mol. The number of carbonyl (C=O) groups is 2. The third-order valence-corrected chi connectivity index (χ3v) is 4.66. The summed E-state index contributed by atoms with van der Waals surface area (Å²) in [6.45, 7) is -0.225. The van der Waals surface area contributed by atoms with E-state index in [-0.39, 0.29) is 12.5 Å². The lowest BCUT2D eigenvalue weighted by Gasteiger charge is -2.12. The number of anilines is 1. The van der Waals surface area contributed by atoms with Gasteiger partial charge in [0, 0.05) is 0 Å². The molecule has 0 saturated heterocycles. The summed E-state index contributed by atoms with van der Waals surface area (Å²) in [6, 6.07) is 19.0. The zero-order valence-corrected chi connectivity index (χ0v) is 19.0. The van der Waals surface area contributed by atoms with E-state index in [1.807, 2.05) is 6.07 Å². The first kappa shape index (κ1) is 24.1. The van der Waals surface area contributed by atoms with Crippen LogP contribution >= 0.6 is 0 Å². The number of para-hydroxylation sites is 3. The number of nitrogens with zero attached hydrogens (tertiary/aromatic N) is 1. The molecule has 2 N–H and O–H groups in total. The second-order valence-electron chi connectivity index (χ2n) is 6.85. The zero-order chi connectivity index (χ0) is 24.3. The summed E-state index contributed by atoms with van der Waals surface area (Å²) in [7, 11) is 4.51. The Morgan fingerprint density at radius 2 is 1.50 bits per heavy atom. The molecule has 3 rings (SSSR count). The quantitative estimate of drug-likeness (QED) is 0.352. The molecule has 0 spiro atoms. The number of carbonyl (C=O) groups excluding carboxylic acids is 2. The van der Waals surface area contributed by atoms with Gasteiger partial charge in [0.25, 0.3) is 11.8 Å². The largest absolute Gasteiger partial charge is 0.496 e. The Morgan fingerprint density at radius 1 is 0.824 bits per heavy atom. The Labute approximate surface area is 197 Å². The average Bonchev–Trinajstić information content (AvgIpc) is 2.87. The van der Waals surface area contributed by atoms with Crippen molar-refractivity contribution in [3.8, 4) is 23.0 Å². The Balaban J connectivity index is 1.59. The third-order valence-electron chi connectivity index (χ3n) is 4.66. The topological polar surface area (TPSA) is 107 Å². The van der Waals surface area contributed by atoms with Gasteiger partial charge in [-0.3, -0.25) is 9.59 Å². The fraction of sp³-hybridized carbons (Fsp3) is 0.160. The Kier molecular flexibility index (Phi) is 8.45. The van der Waals surface area contributed by atoms with Crippen LogP contribution in [0.5, 0.6) is 23.0 Å². The van der Waals surface area contributed by atoms with Crippen molar-refractivity contribution in [3.05, 3.63) is 77.9 Å². The van der Waals surface area contributed by atoms with Gasteiger partial charge in [-0.15, -0.1) is 0 Å². The smallest absolute Gasteiger partial charge is 0.275 e. The van der Waals surface area contributed by atoms with Crippen molar-refractivity contribution in [1.82, 2.24) is 5.43 Å². The standard InChI is InChI=1S/C25H25N3O6/c1-31-20-10-6-4-8-18(20)25(30)28-26-15-17-12-13-22(23(14-17)33-3)34-16-24(29)27-19-9-5-7-11-21(19)32-2/h4-15H,16H2,1-3H3,(H,27,29)(H,28,30)/b26-15-. The summed E-state index contributed by atoms with van der Waals surface area (Å²) in [6.07, 6.45) is 1.47. The number of ether oxygens (including phenoxy) is 4. The molecular formula is C25H25N3O6. The number of hydrazone groups is 1. The number of rotatable bonds is 10. The van der Waals surface area contributed by atoms with Gasteiger partial charge in [-0.1, -0.05) is 24.3 Å². The lowest BCUT2D eigenvalue weighted by atomic mass is 10.2. The average molecular weight is 463 g/mol. The van der Waals surface area contributed by atoms with Crippen molar-refractivity contribution in [3.63, 3.8) is 0 Å². The molecule has 34 heavy (non-hydrogen) atoms. The van der Waals surface area contributed by atoms with Crippen LogP contribution in [0.2, 0.25) is 0 Å².